The molecule has 1 aliphatic carbocycles. The van der Waals surface area contributed by atoms with Crippen molar-refractivity contribution in [2.75, 3.05) is 36.4 Å². The molecule has 0 spiro atoms. The number of carbonyl (C=O) groups excluding carboxylic acids is 1. The number of hydrogen-bond acceptors (Lipinski definition) is 6. The van der Waals surface area contributed by atoms with Crippen LogP contribution in [0.15, 0.2) is 30.6 Å². The summed E-state index contributed by atoms with van der Waals surface area (Å²) in [6.07, 6.45) is -0.503. The number of anilines is 2. The van der Waals surface area contributed by atoms with Crippen LogP contribution in [-0.2, 0) is 17.5 Å². The molecule has 4 rings (SSSR count). The number of nitrogens with zero attached hydrogens (tertiary/aromatic N) is 4. The number of nitrogens with one attached hydrogen (secondary N) is 1. The molecule has 7 nitrogen and oxygen atoms in total. The van der Waals surface area contributed by atoms with E-state index >= 15 is 4.39 Å². The number of carbonyl (C=O) groups is 1. The van der Waals surface area contributed by atoms with E-state index in [4.69, 9.17) is 5.73 Å². The molecule has 1 aromatic heterocycles. The zero-order chi connectivity index (χ0) is 25.2. The third-order valence-corrected chi connectivity index (χ3v) is 6.74. The summed E-state index contributed by atoms with van der Waals surface area (Å²) in [7, 11) is 0. The Morgan fingerprint density at radius 2 is 1.91 bits per heavy atom. The van der Waals surface area contributed by atoms with Gasteiger partial charge in [-0.1, -0.05) is 19.1 Å². The molecule has 2 heterocycles. The summed E-state index contributed by atoms with van der Waals surface area (Å²) in [6, 6.07) is 5.01. The first-order valence-electron chi connectivity index (χ1n) is 11.8. The Morgan fingerprint density at radius 3 is 2.51 bits per heavy atom. The van der Waals surface area contributed by atoms with E-state index in [1.807, 2.05) is 4.90 Å². The summed E-state index contributed by atoms with van der Waals surface area (Å²) in [5.41, 5.74) is 5.23. The Kier molecular flexibility index (Phi) is 7.44. The Balaban J connectivity index is 1.42. The van der Waals surface area contributed by atoms with Crippen LogP contribution >= 0.6 is 0 Å². The molecule has 3 N–H and O–H groups in total. The first kappa shape index (κ1) is 25.2. The summed E-state index contributed by atoms with van der Waals surface area (Å²) >= 11 is 0. The highest BCUT2D eigenvalue weighted by molar-refractivity contribution is 5.75. The lowest BCUT2D eigenvalue weighted by Crippen LogP contribution is -2.44. The van der Waals surface area contributed by atoms with Crippen LogP contribution in [0, 0.1) is 17.7 Å². The van der Waals surface area contributed by atoms with E-state index in [0.29, 0.717) is 18.0 Å². The van der Waals surface area contributed by atoms with Crippen LogP contribution < -0.4 is 16.0 Å². The molecule has 0 radical (unpaired) electrons. The number of halogens is 4. The van der Waals surface area contributed by atoms with Crippen LogP contribution in [-0.4, -0.2) is 53.0 Å². The van der Waals surface area contributed by atoms with E-state index < -0.39 is 17.6 Å². The number of piperidine rings is 1. The molecular formula is C24H30F4N6O. The fourth-order valence-corrected chi connectivity index (χ4v) is 4.62. The van der Waals surface area contributed by atoms with Crippen LogP contribution in [0.5, 0.6) is 0 Å². The minimum absolute atomic E-state index is 0.0872. The van der Waals surface area contributed by atoms with Crippen molar-refractivity contribution < 1.29 is 22.4 Å². The predicted molar refractivity (Wildman–Crippen MR) is 124 cm³/mol. The number of likely N-dealkylation sites (tertiary alicyclic amines) is 1. The van der Waals surface area contributed by atoms with Gasteiger partial charge in [0.05, 0.1) is 12.1 Å². The van der Waals surface area contributed by atoms with Crippen LogP contribution in [0.1, 0.15) is 37.3 Å². The van der Waals surface area contributed by atoms with Crippen molar-refractivity contribution in [2.45, 2.75) is 44.9 Å². The molecule has 1 aromatic carbocycles. The monoisotopic (exact) mass is 494 g/mol. The first-order chi connectivity index (χ1) is 16.6. The van der Waals surface area contributed by atoms with Crippen molar-refractivity contribution in [1.29, 1.82) is 0 Å². The molecule has 2 aliphatic rings. The van der Waals surface area contributed by atoms with Crippen molar-refractivity contribution in [3.05, 3.63) is 47.5 Å². The highest BCUT2D eigenvalue weighted by Gasteiger charge is 2.34. The Hall–Kier alpha value is -2.95. The number of rotatable bonds is 9. The van der Waals surface area contributed by atoms with E-state index in [-0.39, 0.29) is 42.6 Å². The largest absolute Gasteiger partial charge is 0.416 e. The average molecular weight is 495 g/mol. The van der Waals surface area contributed by atoms with E-state index in [1.54, 1.807) is 4.90 Å². The summed E-state index contributed by atoms with van der Waals surface area (Å²) in [4.78, 5) is 23.3. The number of primary amides is 1. The lowest BCUT2D eigenvalue weighted by atomic mass is 9.87. The molecule has 1 saturated carbocycles. The standard InChI is InChI=1S/C24H30F4N6O/c1-15-11-33(13-20(29)35)9-8-17(15)10-30-22-21(25)23(32-14-31-22)34(19-6-7-19)12-16-2-4-18(5-3-16)24(26,27)28/h2-5,14-15,17,19H,6-13H2,1H3,(H2,29,35)(H,30,31,32)/t15-,17?/m0/s1. The van der Waals surface area contributed by atoms with Gasteiger partial charge in [0.25, 0.3) is 0 Å². The minimum Gasteiger partial charge on any atom is -0.369 e. The third-order valence-electron chi connectivity index (χ3n) is 6.74. The van der Waals surface area contributed by atoms with Crippen LogP contribution in [0.3, 0.4) is 0 Å². The number of nitrogens with two attached hydrogens (primary N) is 1. The van der Waals surface area contributed by atoms with Gasteiger partial charge in [0.2, 0.25) is 11.7 Å². The van der Waals surface area contributed by atoms with Gasteiger partial charge in [-0.05, 0) is 55.3 Å². The highest BCUT2D eigenvalue weighted by Crippen LogP contribution is 2.35. The summed E-state index contributed by atoms with van der Waals surface area (Å²) < 4.78 is 54.1. The van der Waals surface area contributed by atoms with Crippen molar-refractivity contribution in [1.82, 2.24) is 14.9 Å². The molecular weight excluding hydrogens is 464 g/mol. The van der Waals surface area contributed by atoms with Crippen molar-refractivity contribution >= 4 is 17.5 Å². The maximum atomic E-state index is 15.5. The van der Waals surface area contributed by atoms with Gasteiger partial charge in [0.15, 0.2) is 11.6 Å². The molecule has 1 aliphatic heterocycles. The number of hydrogen-bond donors (Lipinski definition) is 2. The topological polar surface area (TPSA) is 87.4 Å². The number of benzene rings is 1. The summed E-state index contributed by atoms with van der Waals surface area (Å²) in [5, 5.41) is 3.12. The third kappa shape index (κ3) is 6.39. The van der Waals surface area contributed by atoms with Crippen molar-refractivity contribution in [3.8, 4) is 0 Å². The lowest BCUT2D eigenvalue weighted by molar-refractivity contribution is -0.137. The molecule has 1 amide bonds. The zero-order valence-electron chi connectivity index (χ0n) is 19.6. The van der Waals surface area contributed by atoms with Crippen molar-refractivity contribution in [3.63, 3.8) is 0 Å². The van der Waals surface area contributed by atoms with E-state index in [9.17, 15) is 18.0 Å². The molecule has 2 aromatic rings. The molecule has 1 saturated heterocycles. The van der Waals surface area contributed by atoms with Crippen LogP contribution in [0.2, 0.25) is 0 Å². The lowest BCUT2D eigenvalue weighted by Gasteiger charge is -2.36. The van der Waals surface area contributed by atoms with Crippen LogP contribution in [0.4, 0.5) is 29.2 Å². The fraction of sp³-hybridized carbons (Fsp3) is 0.542. The second kappa shape index (κ2) is 10.3. The second-order valence-electron chi connectivity index (χ2n) is 9.52. The smallest absolute Gasteiger partial charge is 0.369 e. The molecule has 190 valence electrons. The maximum absolute atomic E-state index is 15.5. The van der Waals surface area contributed by atoms with Gasteiger partial charge in [-0.25, -0.2) is 9.97 Å². The van der Waals surface area contributed by atoms with Gasteiger partial charge in [0.1, 0.15) is 6.33 Å². The molecule has 2 atom stereocenters. The average Bonchev–Trinajstić information content (AvgIpc) is 3.63. The Labute approximate surface area is 201 Å². The zero-order valence-corrected chi connectivity index (χ0v) is 19.6. The highest BCUT2D eigenvalue weighted by atomic mass is 19.4. The SMILES string of the molecule is C[C@H]1CN(CC(N)=O)CCC1CNc1ncnc(N(Cc2ccc(C(F)(F)F)cc2)C2CC2)c1F. The van der Waals surface area contributed by atoms with Gasteiger partial charge in [-0.2, -0.15) is 17.6 Å². The number of aromatic nitrogens is 2. The quantitative estimate of drug-likeness (QED) is 0.518. The van der Waals surface area contributed by atoms with Gasteiger partial charge in [-0.3, -0.25) is 9.69 Å². The van der Waals surface area contributed by atoms with Gasteiger partial charge in [0, 0.05) is 25.7 Å². The Morgan fingerprint density at radius 1 is 1.20 bits per heavy atom. The van der Waals surface area contributed by atoms with E-state index in [2.05, 4.69) is 22.2 Å². The number of alkyl halides is 3. The van der Waals surface area contributed by atoms with Crippen LogP contribution in [0.25, 0.3) is 0 Å². The molecule has 2 fully saturated rings. The summed E-state index contributed by atoms with van der Waals surface area (Å²) in [5.74, 6) is -0.0775. The second-order valence-corrected chi connectivity index (χ2v) is 9.52. The first-order valence-corrected chi connectivity index (χ1v) is 11.8. The van der Waals surface area contributed by atoms with Gasteiger partial charge >= 0.3 is 6.18 Å². The summed E-state index contributed by atoms with van der Waals surface area (Å²) in [6.45, 7) is 4.62. The Bertz CT molecular complexity index is 1030. The predicted octanol–water partition coefficient (Wildman–Crippen LogP) is 3.66. The molecule has 0 bridgehead atoms. The molecule has 35 heavy (non-hydrogen) atoms. The number of amides is 1. The molecule has 1 unspecified atom stereocenters. The normalized spacial score (nSPS) is 21.1. The van der Waals surface area contributed by atoms with Crippen molar-refractivity contribution in [2.24, 2.45) is 17.6 Å². The minimum atomic E-state index is -4.40. The van der Waals surface area contributed by atoms with E-state index in [1.165, 1.54) is 18.5 Å². The fourth-order valence-electron chi connectivity index (χ4n) is 4.62. The van der Waals surface area contributed by atoms with E-state index in [0.717, 1.165) is 44.5 Å². The van der Waals surface area contributed by atoms with Gasteiger partial charge in [-0.15, -0.1) is 0 Å². The molecule has 11 heteroatoms. The van der Waals surface area contributed by atoms with Gasteiger partial charge < -0.3 is 16.0 Å². The maximum Gasteiger partial charge on any atom is 0.416 e.